The molecule has 0 aromatic heterocycles. The molecule has 1 aliphatic rings. The Morgan fingerprint density at radius 2 is 1.04 bits per heavy atom. The standard InChI is InChI=1S/C35H54O4Si2.C4H6/c1-14-27-28(15-2)30(19-21-41(24(5)6,25(7)8)26(9)10)32-23-35(33(36)38-16-3,34(37)39-17-4)22-31(32)29(27)18-20-40(11,12)13;1-3-4-2/h24-26H,14-17,22-23H2,1-13H3;1-2H3. The highest BCUT2D eigenvalue weighted by Crippen LogP contribution is 2.46. The molecule has 0 saturated heterocycles. The molecule has 1 aromatic carbocycles. The van der Waals surface area contributed by atoms with E-state index in [-0.39, 0.29) is 26.1 Å². The van der Waals surface area contributed by atoms with E-state index in [0.29, 0.717) is 16.6 Å². The maximum atomic E-state index is 13.6. The fourth-order valence-corrected chi connectivity index (χ4v) is 12.6. The van der Waals surface area contributed by atoms with Crippen LogP contribution >= 0.6 is 0 Å². The van der Waals surface area contributed by atoms with Gasteiger partial charge in [0.15, 0.2) is 5.41 Å². The zero-order valence-corrected chi connectivity index (χ0v) is 33.1. The van der Waals surface area contributed by atoms with Crippen LogP contribution in [0.4, 0.5) is 0 Å². The van der Waals surface area contributed by atoms with E-state index >= 15 is 0 Å². The smallest absolute Gasteiger partial charge is 0.324 e. The normalized spacial score (nSPS) is 13.4. The number of hydrogen-bond acceptors (Lipinski definition) is 4. The van der Waals surface area contributed by atoms with E-state index in [1.54, 1.807) is 13.8 Å². The van der Waals surface area contributed by atoms with Gasteiger partial charge in [-0.05, 0) is 79.4 Å². The summed E-state index contributed by atoms with van der Waals surface area (Å²) >= 11 is 0. The van der Waals surface area contributed by atoms with Gasteiger partial charge in [-0.1, -0.05) is 86.9 Å². The predicted molar refractivity (Wildman–Crippen MR) is 196 cm³/mol. The summed E-state index contributed by atoms with van der Waals surface area (Å²) in [6, 6.07) is 0. The minimum atomic E-state index is -2.03. The third-order valence-electron chi connectivity index (χ3n) is 9.01. The van der Waals surface area contributed by atoms with Gasteiger partial charge < -0.3 is 9.47 Å². The number of fused-ring (bicyclic) bond motifs is 1. The summed E-state index contributed by atoms with van der Waals surface area (Å²) in [7, 11) is -3.73. The lowest BCUT2D eigenvalue weighted by molar-refractivity contribution is -0.171. The first-order valence-electron chi connectivity index (χ1n) is 16.9. The van der Waals surface area contributed by atoms with Gasteiger partial charge in [-0.3, -0.25) is 9.59 Å². The van der Waals surface area contributed by atoms with Crippen molar-refractivity contribution in [2.24, 2.45) is 5.41 Å². The molecule has 0 fully saturated rings. The Balaban J connectivity index is 0.00000238. The van der Waals surface area contributed by atoms with Crippen LogP contribution in [0, 0.1) is 40.2 Å². The zero-order valence-electron chi connectivity index (χ0n) is 31.1. The second-order valence-corrected chi connectivity index (χ2v) is 24.2. The Kier molecular flexibility index (Phi) is 15.5. The van der Waals surface area contributed by atoms with Crippen molar-refractivity contribution < 1.29 is 19.1 Å². The van der Waals surface area contributed by atoms with Gasteiger partial charge >= 0.3 is 11.9 Å². The van der Waals surface area contributed by atoms with E-state index in [4.69, 9.17) is 9.47 Å². The van der Waals surface area contributed by atoms with Crippen LogP contribution in [0.5, 0.6) is 0 Å². The van der Waals surface area contributed by atoms with Gasteiger partial charge in [0.2, 0.25) is 0 Å². The molecule has 0 saturated carbocycles. The van der Waals surface area contributed by atoms with E-state index in [1.165, 1.54) is 11.1 Å². The molecule has 0 amide bonds. The van der Waals surface area contributed by atoms with Crippen molar-refractivity contribution in [1.29, 1.82) is 0 Å². The van der Waals surface area contributed by atoms with E-state index in [2.05, 4.69) is 110 Å². The Bertz CT molecular complexity index is 1350. The molecule has 0 spiro atoms. The topological polar surface area (TPSA) is 52.6 Å². The van der Waals surface area contributed by atoms with Gasteiger partial charge in [-0.15, -0.1) is 22.9 Å². The van der Waals surface area contributed by atoms with Crippen molar-refractivity contribution in [3.63, 3.8) is 0 Å². The Morgan fingerprint density at radius 1 is 0.689 bits per heavy atom. The van der Waals surface area contributed by atoms with Gasteiger partial charge in [0, 0.05) is 24.0 Å². The maximum absolute atomic E-state index is 13.6. The average molecular weight is 649 g/mol. The first kappa shape index (κ1) is 40.3. The number of esters is 2. The van der Waals surface area contributed by atoms with Crippen LogP contribution in [0.15, 0.2) is 0 Å². The largest absolute Gasteiger partial charge is 0.465 e. The monoisotopic (exact) mass is 648 g/mol. The van der Waals surface area contributed by atoms with Gasteiger partial charge in [0.1, 0.15) is 16.1 Å². The third-order valence-corrected chi connectivity index (χ3v) is 16.2. The van der Waals surface area contributed by atoms with E-state index in [9.17, 15) is 9.59 Å². The van der Waals surface area contributed by atoms with Gasteiger partial charge in [-0.2, -0.15) is 0 Å². The van der Waals surface area contributed by atoms with Crippen molar-refractivity contribution in [2.45, 2.75) is 145 Å². The summed E-state index contributed by atoms with van der Waals surface area (Å²) in [5.41, 5.74) is 14.0. The fraction of sp³-hybridized carbons (Fsp3) is 0.641. The lowest BCUT2D eigenvalue weighted by Crippen LogP contribution is -2.43. The molecular formula is C39H60O4Si2. The van der Waals surface area contributed by atoms with Crippen LogP contribution in [0.3, 0.4) is 0 Å². The highest BCUT2D eigenvalue weighted by Gasteiger charge is 2.54. The molecule has 4 nitrogen and oxygen atoms in total. The lowest BCUT2D eigenvalue weighted by Gasteiger charge is -2.38. The summed E-state index contributed by atoms with van der Waals surface area (Å²) < 4.78 is 11.1. The molecular weight excluding hydrogens is 589 g/mol. The quantitative estimate of drug-likeness (QED) is 0.116. The predicted octanol–water partition coefficient (Wildman–Crippen LogP) is 8.85. The van der Waals surface area contributed by atoms with Crippen LogP contribution in [0.25, 0.3) is 0 Å². The van der Waals surface area contributed by atoms with Crippen LogP contribution in [-0.4, -0.2) is 41.3 Å². The minimum Gasteiger partial charge on any atom is -0.465 e. The first-order valence-corrected chi connectivity index (χ1v) is 22.7. The second kappa shape index (κ2) is 17.3. The molecule has 45 heavy (non-hydrogen) atoms. The zero-order chi connectivity index (χ0) is 34.8. The summed E-state index contributed by atoms with van der Waals surface area (Å²) in [4.78, 5) is 27.2. The minimum absolute atomic E-state index is 0.205. The van der Waals surface area contributed by atoms with Crippen molar-refractivity contribution in [1.82, 2.24) is 0 Å². The molecule has 2 rings (SSSR count). The van der Waals surface area contributed by atoms with E-state index < -0.39 is 33.5 Å². The maximum Gasteiger partial charge on any atom is 0.324 e. The van der Waals surface area contributed by atoms with Crippen molar-refractivity contribution in [2.75, 3.05) is 13.2 Å². The molecule has 0 unspecified atom stereocenters. The number of carbonyl (C=O) groups excluding carboxylic acids is 2. The number of hydrogen-bond donors (Lipinski definition) is 0. The Labute approximate surface area is 278 Å². The molecule has 248 valence electrons. The molecule has 0 atom stereocenters. The summed E-state index contributed by atoms with van der Waals surface area (Å²) in [5.74, 6) is 11.7. The van der Waals surface area contributed by atoms with Crippen LogP contribution < -0.4 is 0 Å². The molecule has 1 aliphatic carbocycles. The summed E-state index contributed by atoms with van der Waals surface area (Å²) in [6.07, 6.45) is 2.10. The van der Waals surface area contributed by atoms with Gasteiger partial charge in [0.05, 0.1) is 13.2 Å². The lowest BCUT2D eigenvalue weighted by atomic mass is 9.84. The molecule has 1 aromatic rings. The van der Waals surface area contributed by atoms with Crippen LogP contribution in [0.2, 0.25) is 36.3 Å². The Morgan fingerprint density at radius 3 is 1.31 bits per heavy atom. The van der Waals surface area contributed by atoms with E-state index in [0.717, 1.165) is 35.1 Å². The number of carbonyl (C=O) groups is 2. The summed E-state index contributed by atoms with van der Waals surface area (Å²) in [6.45, 7) is 32.6. The highest BCUT2D eigenvalue weighted by molar-refractivity contribution is 6.90. The fourth-order valence-electron chi connectivity index (χ4n) is 6.87. The molecule has 0 bridgehead atoms. The van der Waals surface area contributed by atoms with Crippen molar-refractivity contribution >= 4 is 28.1 Å². The molecule has 0 heterocycles. The molecule has 0 N–H and O–H groups in total. The third kappa shape index (κ3) is 8.96. The van der Waals surface area contributed by atoms with Crippen molar-refractivity contribution in [3.05, 3.63) is 33.4 Å². The molecule has 6 heteroatoms. The highest BCUT2D eigenvalue weighted by atomic mass is 28.3. The number of ether oxygens (including phenoxy) is 2. The second-order valence-electron chi connectivity index (χ2n) is 13.9. The van der Waals surface area contributed by atoms with E-state index in [1.807, 2.05) is 13.8 Å². The van der Waals surface area contributed by atoms with Gasteiger partial charge in [0.25, 0.3) is 0 Å². The van der Waals surface area contributed by atoms with Crippen molar-refractivity contribution in [3.8, 4) is 34.8 Å². The summed E-state index contributed by atoms with van der Waals surface area (Å²) in [5, 5.41) is 0. The number of benzene rings is 1. The van der Waals surface area contributed by atoms with Gasteiger partial charge in [-0.25, -0.2) is 0 Å². The molecule has 0 radical (unpaired) electrons. The first-order chi connectivity index (χ1) is 21.0. The average Bonchev–Trinajstić information content (AvgIpc) is 3.37. The van der Waals surface area contributed by atoms with Crippen LogP contribution in [-0.2, 0) is 44.7 Å². The SMILES string of the molecule is CC#CC.CCOC(=O)C1(C(=O)OCC)Cc2c(C#C[Si](C)(C)C)c(CC)c(CC)c(C#C[Si](C(C)C)(C(C)C)C(C)C)c2C1. The Hall–Kier alpha value is -2.73. The number of rotatable bonds is 9. The molecule has 0 aliphatic heterocycles. The van der Waals surface area contributed by atoms with Crippen LogP contribution in [0.1, 0.15) is 116 Å².